The molecule has 2 aliphatic carbocycles. The van der Waals surface area contributed by atoms with E-state index in [0.717, 1.165) is 18.4 Å². The minimum atomic E-state index is 0.0688. The molecule has 0 heterocycles. The Hall–Kier alpha value is -1.11. The van der Waals surface area contributed by atoms with Gasteiger partial charge in [-0.05, 0) is 35.8 Å². The number of ketones is 1. The predicted molar refractivity (Wildman–Crippen MR) is 78.6 cm³/mol. The third kappa shape index (κ3) is 1.63. The van der Waals surface area contributed by atoms with E-state index in [1.165, 1.54) is 24.0 Å². The zero-order valence-electron chi connectivity index (χ0n) is 12.5. The molecule has 0 N–H and O–H groups in total. The van der Waals surface area contributed by atoms with Gasteiger partial charge in [-0.25, -0.2) is 0 Å². The molecule has 1 nitrogen and oxygen atoms in total. The predicted octanol–water partition coefficient (Wildman–Crippen LogP) is 4.53. The molecule has 0 unspecified atom stereocenters. The van der Waals surface area contributed by atoms with E-state index in [1.54, 1.807) is 0 Å². The van der Waals surface area contributed by atoms with Crippen LogP contribution in [0.25, 0.3) is 0 Å². The highest BCUT2D eigenvalue weighted by Crippen LogP contribution is 2.58. The Labute approximate surface area is 116 Å². The van der Waals surface area contributed by atoms with E-state index < -0.39 is 0 Å². The smallest absolute Gasteiger partial charge is 0.167 e. The lowest BCUT2D eigenvalue weighted by Gasteiger charge is -2.46. The van der Waals surface area contributed by atoms with Crippen LogP contribution in [-0.2, 0) is 11.8 Å². The second kappa shape index (κ2) is 3.94. The van der Waals surface area contributed by atoms with Gasteiger partial charge in [-0.2, -0.15) is 0 Å². The number of carbonyl (C=O) groups excluding carboxylic acids is 1. The van der Waals surface area contributed by atoms with Crippen LogP contribution in [-0.4, -0.2) is 5.78 Å². The van der Waals surface area contributed by atoms with Crippen molar-refractivity contribution in [3.8, 4) is 0 Å². The molecule has 3 rings (SSSR count). The van der Waals surface area contributed by atoms with Gasteiger partial charge in [-0.3, -0.25) is 4.79 Å². The highest BCUT2D eigenvalue weighted by Gasteiger charge is 2.56. The van der Waals surface area contributed by atoms with Crippen molar-refractivity contribution < 1.29 is 4.79 Å². The van der Waals surface area contributed by atoms with Gasteiger partial charge in [0, 0.05) is 16.9 Å². The molecule has 102 valence electrons. The third-order valence-electron chi connectivity index (χ3n) is 5.57. The first-order valence-electron chi connectivity index (χ1n) is 7.58. The molecule has 0 aromatic heterocycles. The van der Waals surface area contributed by atoms with Crippen molar-refractivity contribution in [1.29, 1.82) is 0 Å². The average Bonchev–Trinajstić information content (AvgIpc) is 2.58. The minimum Gasteiger partial charge on any atom is -0.294 e. The van der Waals surface area contributed by atoms with Crippen LogP contribution in [0.4, 0.5) is 0 Å². The molecule has 0 saturated heterocycles. The number of benzene rings is 1. The van der Waals surface area contributed by atoms with Gasteiger partial charge < -0.3 is 0 Å². The SMILES string of the molecule is CCc1ccc2c(c1)[C@]1(C)CCCC(C)(C)[C@@H]1C2=O. The van der Waals surface area contributed by atoms with Gasteiger partial charge in [0.1, 0.15) is 0 Å². The van der Waals surface area contributed by atoms with E-state index in [4.69, 9.17) is 0 Å². The summed E-state index contributed by atoms with van der Waals surface area (Å²) in [4.78, 5) is 12.9. The molecule has 0 aliphatic heterocycles. The van der Waals surface area contributed by atoms with E-state index >= 15 is 0 Å². The van der Waals surface area contributed by atoms with E-state index in [9.17, 15) is 4.79 Å². The largest absolute Gasteiger partial charge is 0.294 e. The summed E-state index contributed by atoms with van der Waals surface area (Å²) in [6, 6.07) is 6.51. The summed E-state index contributed by atoms with van der Waals surface area (Å²) >= 11 is 0. The fraction of sp³-hybridized carbons (Fsp3) is 0.611. The Morgan fingerprint density at radius 1 is 1.21 bits per heavy atom. The fourth-order valence-electron chi connectivity index (χ4n) is 4.65. The van der Waals surface area contributed by atoms with E-state index in [1.807, 2.05) is 0 Å². The summed E-state index contributed by atoms with van der Waals surface area (Å²) in [5.74, 6) is 0.570. The summed E-state index contributed by atoms with van der Waals surface area (Å²) in [7, 11) is 0. The molecule has 1 fully saturated rings. The number of fused-ring (bicyclic) bond motifs is 3. The fourth-order valence-corrected chi connectivity index (χ4v) is 4.65. The number of carbonyl (C=O) groups is 1. The Balaban J connectivity index is 2.19. The first-order chi connectivity index (χ1) is 8.90. The number of Topliss-reactive ketones (excluding diaryl/α,β-unsaturated/α-hetero) is 1. The summed E-state index contributed by atoms with van der Waals surface area (Å²) < 4.78 is 0. The number of hydrogen-bond donors (Lipinski definition) is 0. The molecule has 2 aliphatic rings. The molecule has 0 spiro atoms. The van der Waals surface area contributed by atoms with Crippen LogP contribution in [0.3, 0.4) is 0 Å². The first kappa shape index (κ1) is 12.9. The van der Waals surface area contributed by atoms with E-state index in [-0.39, 0.29) is 16.7 Å². The van der Waals surface area contributed by atoms with Gasteiger partial charge in [-0.15, -0.1) is 0 Å². The molecule has 0 amide bonds. The van der Waals surface area contributed by atoms with Crippen molar-refractivity contribution in [2.45, 2.75) is 58.8 Å². The standard InChI is InChI=1S/C18H24O/c1-5-12-7-8-13-14(11-12)18(4)10-6-9-17(2,3)16(18)15(13)19/h7-8,11,16H,5-6,9-10H2,1-4H3/t16-,18-/m0/s1. The van der Waals surface area contributed by atoms with Gasteiger partial charge in [0.15, 0.2) is 5.78 Å². The van der Waals surface area contributed by atoms with Gasteiger partial charge in [0.2, 0.25) is 0 Å². The molecule has 1 heteroatoms. The third-order valence-corrected chi connectivity index (χ3v) is 5.57. The molecule has 1 aromatic carbocycles. The maximum Gasteiger partial charge on any atom is 0.167 e. The van der Waals surface area contributed by atoms with Crippen LogP contribution in [0, 0.1) is 11.3 Å². The zero-order valence-corrected chi connectivity index (χ0v) is 12.5. The quantitative estimate of drug-likeness (QED) is 0.721. The number of rotatable bonds is 1. The number of hydrogen-bond acceptors (Lipinski definition) is 1. The van der Waals surface area contributed by atoms with Crippen LogP contribution in [0.2, 0.25) is 0 Å². The monoisotopic (exact) mass is 256 g/mol. The highest BCUT2D eigenvalue weighted by atomic mass is 16.1. The van der Waals surface area contributed by atoms with Gasteiger partial charge in [0.05, 0.1) is 0 Å². The summed E-state index contributed by atoms with van der Waals surface area (Å²) in [5, 5.41) is 0. The molecule has 0 bridgehead atoms. The molecule has 1 aromatic rings. The Bertz CT molecular complexity index is 541. The molecule has 19 heavy (non-hydrogen) atoms. The van der Waals surface area contributed by atoms with Crippen molar-refractivity contribution in [2.75, 3.05) is 0 Å². The molecular weight excluding hydrogens is 232 g/mol. The average molecular weight is 256 g/mol. The first-order valence-corrected chi connectivity index (χ1v) is 7.58. The van der Waals surface area contributed by atoms with Crippen molar-refractivity contribution in [1.82, 2.24) is 0 Å². The number of aryl methyl sites for hydroxylation is 1. The molecule has 1 saturated carbocycles. The van der Waals surface area contributed by atoms with Crippen molar-refractivity contribution in [3.05, 3.63) is 34.9 Å². The second-order valence-corrected chi connectivity index (χ2v) is 7.29. The van der Waals surface area contributed by atoms with E-state index in [2.05, 4.69) is 45.9 Å². The lowest BCUT2D eigenvalue weighted by Crippen LogP contribution is -2.44. The lowest BCUT2D eigenvalue weighted by molar-refractivity contribution is 0.0500. The zero-order chi connectivity index (χ0) is 13.8. The normalized spacial score (nSPS) is 32.0. The maximum atomic E-state index is 12.9. The Kier molecular flexibility index (Phi) is 2.68. The van der Waals surface area contributed by atoms with Crippen molar-refractivity contribution in [2.24, 2.45) is 11.3 Å². The summed E-state index contributed by atoms with van der Waals surface area (Å²) in [6.07, 6.45) is 4.62. The van der Waals surface area contributed by atoms with Crippen LogP contribution in [0.15, 0.2) is 18.2 Å². The van der Waals surface area contributed by atoms with Crippen LogP contribution < -0.4 is 0 Å². The van der Waals surface area contributed by atoms with Gasteiger partial charge in [0.25, 0.3) is 0 Å². The summed E-state index contributed by atoms with van der Waals surface area (Å²) in [5.41, 5.74) is 3.89. The van der Waals surface area contributed by atoms with Gasteiger partial charge in [-0.1, -0.05) is 52.3 Å². The van der Waals surface area contributed by atoms with Crippen molar-refractivity contribution >= 4 is 5.78 Å². The van der Waals surface area contributed by atoms with Crippen LogP contribution in [0.1, 0.15) is 68.4 Å². The van der Waals surface area contributed by atoms with Gasteiger partial charge >= 0.3 is 0 Å². The lowest BCUT2D eigenvalue weighted by atomic mass is 9.56. The Morgan fingerprint density at radius 3 is 2.63 bits per heavy atom. The molecular formula is C18H24O. The van der Waals surface area contributed by atoms with Crippen LogP contribution >= 0.6 is 0 Å². The van der Waals surface area contributed by atoms with E-state index in [0.29, 0.717) is 5.78 Å². The second-order valence-electron chi connectivity index (χ2n) is 7.29. The Morgan fingerprint density at radius 2 is 1.95 bits per heavy atom. The maximum absolute atomic E-state index is 12.9. The molecule has 0 radical (unpaired) electrons. The van der Waals surface area contributed by atoms with Crippen molar-refractivity contribution in [3.63, 3.8) is 0 Å². The summed E-state index contributed by atoms with van der Waals surface area (Å²) in [6.45, 7) is 9.06. The topological polar surface area (TPSA) is 17.1 Å². The van der Waals surface area contributed by atoms with Crippen LogP contribution in [0.5, 0.6) is 0 Å². The molecule has 2 atom stereocenters. The minimum absolute atomic E-state index is 0.0688. The highest BCUT2D eigenvalue weighted by molar-refractivity contribution is 6.04.